The average molecular weight is 488 g/mol. The largest absolute Gasteiger partial charge is 0.506 e. The van der Waals surface area contributed by atoms with Gasteiger partial charge in [-0.05, 0) is 79.2 Å². The van der Waals surface area contributed by atoms with Crippen molar-refractivity contribution >= 4 is 44.0 Å². The second-order valence-corrected chi connectivity index (χ2v) is 7.60. The van der Waals surface area contributed by atoms with Crippen LogP contribution in [0.15, 0.2) is 80.8 Å². The van der Waals surface area contributed by atoms with Gasteiger partial charge in [0, 0.05) is 5.56 Å². The fourth-order valence-corrected chi connectivity index (χ4v) is 3.77. The molecule has 3 rings (SSSR count). The smallest absolute Gasteiger partial charge is 0.271 e. The van der Waals surface area contributed by atoms with Gasteiger partial charge in [-0.25, -0.2) is 5.43 Å². The number of phenols is 1. The van der Waals surface area contributed by atoms with E-state index in [1.54, 1.807) is 18.2 Å². The molecule has 2 N–H and O–H groups in total. The average Bonchev–Trinajstić information content (AvgIpc) is 2.67. The molecule has 0 radical (unpaired) electrons. The van der Waals surface area contributed by atoms with Crippen molar-refractivity contribution < 1.29 is 9.90 Å². The summed E-state index contributed by atoms with van der Waals surface area (Å²) in [6, 6.07) is 21.0. The lowest BCUT2D eigenvalue weighted by Gasteiger charge is -2.05. The van der Waals surface area contributed by atoms with Crippen molar-refractivity contribution in [1.29, 1.82) is 0 Å². The van der Waals surface area contributed by atoms with Gasteiger partial charge >= 0.3 is 0 Å². The summed E-state index contributed by atoms with van der Waals surface area (Å²) in [6.45, 7) is 0. The number of halogens is 2. The highest BCUT2D eigenvalue weighted by molar-refractivity contribution is 9.11. The van der Waals surface area contributed by atoms with Crippen molar-refractivity contribution in [1.82, 2.24) is 5.43 Å². The van der Waals surface area contributed by atoms with Crippen LogP contribution in [0.2, 0.25) is 0 Å². The summed E-state index contributed by atoms with van der Waals surface area (Å²) in [5.41, 5.74) is 6.06. The van der Waals surface area contributed by atoms with Crippen molar-refractivity contribution in [2.24, 2.45) is 5.10 Å². The first-order valence-electron chi connectivity index (χ1n) is 8.17. The van der Waals surface area contributed by atoms with Gasteiger partial charge in [0.25, 0.3) is 5.91 Å². The molecule has 0 atom stereocenters. The highest BCUT2D eigenvalue weighted by atomic mass is 79.9. The van der Waals surface area contributed by atoms with Crippen LogP contribution in [0.5, 0.6) is 5.75 Å². The molecule has 0 bridgehead atoms. The zero-order valence-corrected chi connectivity index (χ0v) is 17.4. The first kappa shape index (κ1) is 19.3. The number of carbonyl (C=O) groups excluding carboxylic acids is 1. The Balaban J connectivity index is 1.67. The van der Waals surface area contributed by atoms with Crippen LogP contribution in [0.3, 0.4) is 0 Å². The van der Waals surface area contributed by atoms with Gasteiger partial charge in [0.2, 0.25) is 0 Å². The van der Waals surface area contributed by atoms with E-state index in [0.29, 0.717) is 14.5 Å². The molecule has 136 valence electrons. The molecular formula is C21H16Br2N2O2. The van der Waals surface area contributed by atoms with Crippen molar-refractivity contribution in [3.05, 3.63) is 97.9 Å². The molecule has 1 amide bonds. The number of hydrogen-bond donors (Lipinski definition) is 2. The first-order valence-corrected chi connectivity index (χ1v) is 9.76. The third-order valence-corrected chi connectivity index (χ3v) is 5.07. The quantitative estimate of drug-likeness (QED) is 0.380. The van der Waals surface area contributed by atoms with Gasteiger partial charge in [0.1, 0.15) is 5.75 Å². The van der Waals surface area contributed by atoms with E-state index in [1.165, 1.54) is 11.8 Å². The molecule has 3 aromatic rings. The van der Waals surface area contributed by atoms with E-state index in [0.717, 1.165) is 17.5 Å². The van der Waals surface area contributed by atoms with Crippen molar-refractivity contribution in [2.75, 3.05) is 0 Å². The van der Waals surface area contributed by atoms with Crippen LogP contribution in [0.4, 0.5) is 0 Å². The fraction of sp³-hybridized carbons (Fsp3) is 0.0476. The number of rotatable bonds is 5. The molecule has 3 aromatic carbocycles. The third-order valence-electron chi connectivity index (χ3n) is 3.86. The van der Waals surface area contributed by atoms with Crippen LogP contribution >= 0.6 is 31.9 Å². The predicted octanol–water partition coefficient (Wildman–Crippen LogP) is 5.27. The number of nitrogens with zero attached hydrogens (tertiary/aromatic N) is 1. The molecular weight excluding hydrogens is 472 g/mol. The molecule has 4 nitrogen and oxygen atoms in total. The Morgan fingerprint density at radius 2 is 1.63 bits per heavy atom. The molecule has 0 spiro atoms. The molecule has 0 unspecified atom stereocenters. The normalized spacial score (nSPS) is 10.9. The topological polar surface area (TPSA) is 61.7 Å². The Kier molecular flexibility index (Phi) is 6.42. The van der Waals surface area contributed by atoms with Crippen LogP contribution in [0.1, 0.15) is 27.0 Å². The lowest BCUT2D eigenvalue weighted by atomic mass is 10.0. The lowest BCUT2D eigenvalue weighted by molar-refractivity contribution is 0.0955. The highest BCUT2D eigenvalue weighted by Gasteiger charge is 2.07. The molecule has 0 aliphatic rings. The number of carbonyl (C=O) groups is 1. The van der Waals surface area contributed by atoms with E-state index in [9.17, 15) is 9.90 Å². The number of hydrogen-bond acceptors (Lipinski definition) is 3. The van der Waals surface area contributed by atoms with Gasteiger partial charge in [0.15, 0.2) is 0 Å². The Morgan fingerprint density at radius 3 is 2.33 bits per heavy atom. The number of hydrazone groups is 1. The van der Waals surface area contributed by atoms with Crippen molar-refractivity contribution in [2.45, 2.75) is 6.42 Å². The summed E-state index contributed by atoms with van der Waals surface area (Å²) < 4.78 is 1.08. The number of aromatic hydroxyl groups is 1. The minimum absolute atomic E-state index is 0.117. The summed E-state index contributed by atoms with van der Waals surface area (Å²) in [7, 11) is 0. The SMILES string of the molecule is O=C(N/N=C/c1cc(Br)c(O)c(Br)c1)c1cccc(Cc2ccccc2)c1. The Labute approximate surface area is 174 Å². The van der Waals surface area contributed by atoms with Crippen LogP contribution < -0.4 is 5.43 Å². The van der Waals surface area contributed by atoms with Gasteiger partial charge in [-0.2, -0.15) is 5.10 Å². The van der Waals surface area contributed by atoms with Gasteiger partial charge < -0.3 is 5.11 Å². The molecule has 6 heteroatoms. The van der Waals surface area contributed by atoms with Crippen molar-refractivity contribution in [3.63, 3.8) is 0 Å². The maximum atomic E-state index is 12.3. The van der Waals surface area contributed by atoms with E-state index >= 15 is 0 Å². The summed E-state index contributed by atoms with van der Waals surface area (Å²) >= 11 is 6.52. The maximum absolute atomic E-state index is 12.3. The standard InChI is InChI=1S/C21H16Br2N2O2/c22-18-11-16(12-19(23)20(18)26)13-24-25-21(27)17-8-4-7-15(10-17)9-14-5-2-1-3-6-14/h1-8,10-13,26H,9H2,(H,25,27)/b24-13+. The second-order valence-electron chi connectivity index (χ2n) is 5.90. The summed E-state index contributed by atoms with van der Waals surface area (Å²) in [5.74, 6) is -0.163. The second kappa shape index (κ2) is 8.97. The summed E-state index contributed by atoms with van der Waals surface area (Å²) in [4.78, 5) is 12.3. The maximum Gasteiger partial charge on any atom is 0.271 e. The first-order chi connectivity index (χ1) is 13.0. The minimum atomic E-state index is -0.280. The minimum Gasteiger partial charge on any atom is -0.506 e. The molecule has 0 fully saturated rings. The van der Waals surface area contributed by atoms with Gasteiger partial charge in [-0.1, -0.05) is 42.5 Å². The molecule has 0 aliphatic carbocycles. The molecule has 27 heavy (non-hydrogen) atoms. The number of phenolic OH excluding ortho intramolecular Hbond substituents is 1. The zero-order chi connectivity index (χ0) is 19.2. The van der Waals surface area contributed by atoms with E-state index in [-0.39, 0.29) is 11.7 Å². The van der Waals surface area contributed by atoms with Crippen LogP contribution in [-0.2, 0) is 6.42 Å². The van der Waals surface area contributed by atoms with Crippen LogP contribution in [-0.4, -0.2) is 17.2 Å². The number of amides is 1. The zero-order valence-electron chi connectivity index (χ0n) is 14.2. The van der Waals surface area contributed by atoms with Gasteiger partial charge in [0.05, 0.1) is 15.2 Å². The van der Waals surface area contributed by atoms with Gasteiger partial charge in [-0.15, -0.1) is 0 Å². The van der Waals surface area contributed by atoms with Crippen LogP contribution in [0.25, 0.3) is 0 Å². The van der Waals surface area contributed by atoms with Gasteiger partial charge in [-0.3, -0.25) is 4.79 Å². The van der Waals surface area contributed by atoms with Crippen LogP contribution in [0, 0.1) is 0 Å². The Bertz CT molecular complexity index is 965. The molecule has 0 saturated carbocycles. The highest BCUT2D eigenvalue weighted by Crippen LogP contribution is 2.32. The molecule has 0 aromatic heterocycles. The third kappa shape index (κ3) is 5.28. The monoisotopic (exact) mass is 486 g/mol. The van der Waals surface area contributed by atoms with E-state index in [1.807, 2.05) is 36.4 Å². The van der Waals surface area contributed by atoms with E-state index in [2.05, 4.69) is 54.5 Å². The molecule has 0 saturated heterocycles. The molecule has 0 heterocycles. The Hall–Kier alpha value is -2.44. The summed E-state index contributed by atoms with van der Waals surface area (Å²) in [5, 5.41) is 13.7. The lowest BCUT2D eigenvalue weighted by Crippen LogP contribution is -2.17. The van der Waals surface area contributed by atoms with E-state index in [4.69, 9.17) is 0 Å². The number of nitrogens with one attached hydrogen (secondary N) is 1. The molecule has 0 aliphatic heterocycles. The number of benzene rings is 3. The van der Waals surface area contributed by atoms with E-state index < -0.39 is 0 Å². The predicted molar refractivity (Wildman–Crippen MR) is 114 cm³/mol. The Morgan fingerprint density at radius 1 is 0.963 bits per heavy atom. The summed E-state index contributed by atoms with van der Waals surface area (Å²) in [6.07, 6.45) is 2.28. The van der Waals surface area contributed by atoms with Crippen molar-refractivity contribution in [3.8, 4) is 5.75 Å². The fourth-order valence-electron chi connectivity index (χ4n) is 2.54.